The second-order valence-corrected chi connectivity index (χ2v) is 4.27. The molecule has 0 fully saturated rings. The van der Waals surface area contributed by atoms with Crippen molar-refractivity contribution in [2.75, 3.05) is 24.3 Å². The van der Waals surface area contributed by atoms with E-state index in [0.29, 0.717) is 12.6 Å². The Bertz CT molecular complexity index is 348. The molecule has 0 heterocycles. The molecule has 0 spiro atoms. The van der Waals surface area contributed by atoms with Crippen LogP contribution in [-0.4, -0.2) is 19.7 Å². The summed E-state index contributed by atoms with van der Waals surface area (Å²) in [5, 5.41) is 0. The van der Waals surface area contributed by atoms with Crippen LogP contribution in [0.1, 0.15) is 33.6 Å². The Kier molecular flexibility index (Phi) is 5.13. The fourth-order valence-electron chi connectivity index (χ4n) is 2.11. The molecule has 0 atom stereocenters. The number of nitrogens with zero attached hydrogens (tertiary/aromatic N) is 1. The standard InChI is InChI=1S/C14H24N2O/c1-5-12(6-2)16(4)13-8-11(15)9-14(10-13)17-7-3/h8-10,12H,5-7,15H2,1-4H3. The molecule has 1 rings (SSSR count). The first-order chi connectivity index (χ1) is 8.12. The second-order valence-electron chi connectivity index (χ2n) is 4.27. The zero-order valence-electron chi connectivity index (χ0n) is 11.4. The summed E-state index contributed by atoms with van der Waals surface area (Å²) in [6.45, 7) is 7.06. The van der Waals surface area contributed by atoms with E-state index < -0.39 is 0 Å². The van der Waals surface area contributed by atoms with Crippen LogP contribution in [0.15, 0.2) is 18.2 Å². The van der Waals surface area contributed by atoms with Gasteiger partial charge in [-0.25, -0.2) is 0 Å². The van der Waals surface area contributed by atoms with Crippen LogP contribution in [-0.2, 0) is 0 Å². The number of nitrogen functional groups attached to an aromatic ring is 1. The van der Waals surface area contributed by atoms with Crippen LogP contribution in [0, 0.1) is 0 Å². The van der Waals surface area contributed by atoms with E-state index in [9.17, 15) is 0 Å². The predicted molar refractivity (Wildman–Crippen MR) is 74.8 cm³/mol. The molecule has 1 aromatic carbocycles. The van der Waals surface area contributed by atoms with E-state index in [1.807, 2.05) is 19.1 Å². The molecule has 0 amide bonds. The van der Waals surface area contributed by atoms with E-state index in [0.717, 1.165) is 30.0 Å². The van der Waals surface area contributed by atoms with Crippen molar-refractivity contribution in [1.29, 1.82) is 0 Å². The van der Waals surface area contributed by atoms with E-state index in [-0.39, 0.29) is 0 Å². The van der Waals surface area contributed by atoms with E-state index in [4.69, 9.17) is 10.5 Å². The minimum absolute atomic E-state index is 0.547. The second kappa shape index (κ2) is 6.38. The Morgan fingerprint density at radius 3 is 2.35 bits per heavy atom. The first-order valence-electron chi connectivity index (χ1n) is 6.38. The SMILES string of the molecule is CCOc1cc(N)cc(N(C)C(CC)CC)c1. The van der Waals surface area contributed by atoms with Gasteiger partial charge in [-0.1, -0.05) is 13.8 Å². The summed E-state index contributed by atoms with van der Waals surface area (Å²) in [6.07, 6.45) is 2.26. The van der Waals surface area contributed by atoms with Gasteiger partial charge in [0.1, 0.15) is 5.75 Å². The smallest absolute Gasteiger partial charge is 0.123 e. The van der Waals surface area contributed by atoms with Crippen LogP contribution < -0.4 is 15.4 Å². The van der Waals surface area contributed by atoms with Gasteiger partial charge in [0.05, 0.1) is 6.61 Å². The van der Waals surface area contributed by atoms with Gasteiger partial charge in [0.2, 0.25) is 0 Å². The molecule has 0 saturated carbocycles. The van der Waals surface area contributed by atoms with Gasteiger partial charge in [-0.2, -0.15) is 0 Å². The maximum atomic E-state index is 5.90. The van der Waals surface area contributed by atoms with Gasteiger partial charge in [-0.3, -0.25) is 0 Å². The van der Waals surface area contributed by atoms with Gasteiger partial charge in [-0.15, -0.1) is 0 Å². The Morgan fingerprint density at radius 1 is 1.18 bits per heavy atom. The number of hydrogen-bond donors (Lipinski definition) is 1. The number of rotatable bonds is 6. The van der Waals surface area contributed by atoms with Gasteiger partial charge in [-0.05, 0) is 25.8 Å². The summed E-state index contributed by atoms with van der Waals surface area (Å²) in [6, 6.07) is 6.47. The van der Waals surface area contributed by atoms with Crippen molar-refractivity contribution in [2.24, 2.45) is 0 Å². The van der Waals surface area contributed by atoms with E-state index in [1.165, 1.54) is 0 Å². The van der Waals surface area contributed by atoms with Crippen molar-refractivity contribution in [1.82, 2.24) is 0 Å². The maximum absolute atomic E-state index is 5.90. The first kappa shape index (κ1) is 13.7. The Balaban J connectivity index is 2.95. The van der Waals surface area contributed by atoms with Crippen LogP contribution >= 0.6 is 0 Å². The monoisotopic (exact) mass is 236 g/mol. The van der Waals surface area contributed by atoms with E-state index in [2.05, 4.69) is 31.9 Å². The fourth-order valence-corrected chi connectivity index (χ4v) is 2.11. The third kappa shape index (κ3) is 3.55. The van der Waals surface area contributed by atoms with Crippen LogP contribution in [0.3, 0.4) is 0 Å². The molecule has 17 heavy (non-hydrogen) atoms. The summed E-state index contributed by atoms with van der Waals surface area (Å²) >= 11 is 0. The minimum atomic E-state index is 0.547. The number of nitrogens with two attached hydrogens (primary N) is 1. The highest BCUT2D eigenvalue weighted by molar-refractivity contribution is 5.60. The molecule has 0 aliphatic carbocycles. The molecule has 96 valence electrons. The lowest BCUT2D eigenvalue weighted by molar-refractivity contribution is 0.340. The Morgan fingerprint density at radius 2 is 1.82 bits per heavy atom. The first-order valence-corrected chi connectivity index (χ1v) is 6.38. The summed E-state index contributed by atoms with van der Waals surface area (Å²) in [7, 11) is 2.11. The summed E-state index contributed by atoms with van der Waals surface area (Å²) in [5.74, 6) is 0.848. The lowest BCUT2D eigenvalue weighted by atomic mass is 10.1. The topological polar surface area (TPSA) is 38.5 Å². The summed E-state index contributed by atoms with van der Waals surface area (Å²) in [4.78, 5) is 2.28. The van der Waals surface area contributed by atoms with Crippen molar-refractivity contribution in [3.8, 4) is 5.75 Å². The van der Waals surface area contributed by atoms with Gasteiger partial charge in [0.15, 0.2) is 0 Å². The highest BCUT2D eigenvalue weighted by Gasteiger charge is 2.12. The zero-order valence-corrected chi connectivity index (χ0v) is 11.4. The molecular weight excluding hydrogens is 212 g/mol. The van der Waals surface area contributed by atoms with Gasteiger partial charge < -0.3 is 15.4 Å². The molecule has 0 aliphatic heterocycles. The minimum Gasteiger partial charge on any atom is -0.494 e. The fraction of sp³-hybridized carbons (Fsp3) is 0.571. The Hall–Kier alpha value is -1.38. The average Bonchev–Trinajstić information content (AvgIpc) is 2.30. The normalized spacial score (nSPS) is 10.6. The van der Waals surface area contributed by atoms with E-state index >= 15 is 0 Å². The lowest BCUT2D eigenvalue weighted by Crippen LogP contribution is -2.30. The van der Waals surface area contributed by atoms with Crippen LogP contribution in [0.25, 0.3) is 0 Å². The zero-order chi connectivity index (χ0) is 12.8. The molecule has 0 aromatic heterocycles. The van der Waals surface area contributed by atoms with Crippen LogP contribution in [0.4, 0.5) is 11.4 Å². The molecule has 0 saturated heterocycles. The van der Waals surface area contributed by atoms with Crippen LogP contribution in [0.5, 0.6) is 5.75 Å². The number of benzene rings is 1. The van der Waals surface area contributed by atoms with E-state index in [1.54, 1.807) is 0 Å². The molecule has 2 N–H and O–H groups in total. The number of hydrogen-bond acceptors (Lipinski definition) is 3. The van der Waals surface area contributed by atoms with Gasteiger partial charge in [0.25, 0.3) is 0 Å². The number of ether oxygens (including phenoxy) is 1. The van der Waals surface area contributed by atoms with Crippen molar-refractivity contribution in [2.45, 2.75) is 39.7 Å². The van der Waals surface area contributed by atoms with Crippen molar-refractivity contribution >= 4 is 11.4 Å². The molecule has 0 radical (unpaired) electrons. The average molecular weight is 236 g/mol. The molecular formula is C14H24N2O. The van der Waals surface area contributed by atoms with Crippen molar-refractivity contribution < 1.29 is 4.74 Å². The Labute approximate surface area is 105 Å². The highest BCUT2D eigenvalue weighted by atomic mass is 16.5. The van der Waals surface area contributed by atoms with Crippen LogP contribution in [0.2, 0.25) is 0 Å². The largest absolute Gasteiger partial charge is 0.494 e. The molecule has 3 heteroatoms. The van der Waals surface area contributed by atoms with Gasteiger partial charge in [0, 0.05) is 36.6 Å². The maximum Gasteiger partial charge on any atom is 0.123 e. The molecule has 0 bridgehead atoms. The molecule has 0 aliphatic rings. The third-order valence-corrected chi connectivity index (χ3v) is 3.12. The quantitative estimate of drug-likeness (QED) is 0.770. The molecule has 0 unspecified atom stereocenters. The van der Waals surface area contributed by atoms with Crippen molar-refractivity contribution in [3.63, 3.8) is 0 Å². The molecule has 1 aromatic rings. The van der Waals surface area contributed by atoms with Gasteiger partial charge >= 0.3 is 0 Å². The molecule has 3 nitrogen and oxygen atoms in total. The highest BCUT2D eigenvalue weighted by Crippen LogP contribution is 2.27. The summed E-state index contributed by atoms with van der Waals surface area (Å²) < 4.78 is 5.52. The summed E-state index contributed by atoms with van der Waals surface area (Å²) in [5.41, 5.74) is 7.78. The van der Waals surface area contributed by atoms with Crippen molar-refractivity contribution in [3.05, 3.63) is 18.2 Å². The lowest BCUT2D eigenvalue weighted by Gasteiger charge is -2.29. The predicted octanol–water partition coefficient (Wildman–Crippen LogP) is 3.29. The third-order valence-electron chi connectivity index (χ3n) is 3.12. The number of anilines is 2.